The molecule has 2 atom stereocenters. The Bertz CT molecular complexity index is 764. The second-order valence-corrected chi connectivity index (χ2v) is 7.03. The molecule has 0 radical (unpaired) electrons. The van der Waals surface area contributed by atoms with Gasteiger partial charge in [0.2, 0.25) is 5.91 Å². The van der Waals surface area contributed by atoms with Gasteiger partial charge in [-0.05, 0) is 11.1 Å². The number of nitrogens with one attached hydrogen (secondary N) is 4. The van der Waals surface area contributed by atoms with Crippen molar-refractivity contribution in [2.45, 2.75) is 25.0 Å². The van der Waals surface area contributed by atoms with E-state index in [9.17, 15) is 9.59 Å². The molecule has 2 unspecified atom stereocenters. The first-order chi connectivity index (χ1) is 14.2. The van der Waals surface area contributed by atoms with E-state index in [1.807, 2.05) is 60.7 Å². The molecule has 7 heteroatoms. The molecule has 0 spiro atoms. The Morgan fingerprint density at radius 1 is 1.00 bits per heavy atom. The van der Waals surface area contributed by atoms with Crippen LogP contribution in [-0.2, 0) is 22.5 Å². The van der Waals surface area contributed by atoms with Crippen molar-refractivity contribution >= 4 is 11.9 Å². The van der Waals surface area contributed by atoms with E-state index in [1.54, 1.807) is 0 Å². The number of carbonyl (C=O) groups is 2. The normalized spacial score (nSPS) is 17.2. The van der Waals surface area contributed by atoms with Crippen LogP contribution < -0.4 is 21.3 Å². The highest BCUT2D eigenvalue weighted by molar-refractivity contribution is 5.87. The van der Waals surface area contributed by atoms with Crippen LogP contribution in [0.25, 0.3) is 0 Å². The van der Waals surface area contributed by atoms with Crippen LogP contribution in [0.2, 0.25) is 0 Å². The van der Waals surface area contributed by atoms with Crippen molar-refractivity contribution in [3.8, 4) is 0 Å². The SMILES string of the molecule is O=C(NCC1COCCN1)NC(Cc1ccccc1)C(=O)NCc1ccccc1. The zero-order valence-electron chi connectivity index (χ0n) is 16.4. The monoisotopic (exact) mass is 396 g/mol. The summed E-state index contributed by atoms with van der Waals surface area (Å²) in [5.74, 6) is -0.216. The lowest BCUT2D eigenvalue weighted by Gasteiger charge is -2.25. The molecule has 0 saturated carbocycles. The van der Waals surface area contributed by atoms with Crippen LogP contribution in [0.4, 0.5) is 4.79 Å². The molecule has 2 aromatic carbocycles. The summed E-state index contributed by atoms with van der Waals surface area (Å²) in [5.41, 5.74) is 1.99. The first-order valence-electron chi connectivity index (χ1n) is 9.92. The third kappa shape index (κ3) is 7.21. The number of ether oxygens (including phenoxy) is 1. The van der Waals surface area contributed by atoms with E-state index in [0.29, 0.717) is 32.7 Å². The minimum atomic E-state index is -0.670. The fourth-order valence-corrected chi connectivity index (χ4v) is 3.14. The van der Waals surface area contributed by atoms with Crippen LogP contribution in [0.1, 0.15) is 11.1 Å². The van der Waals surface area contributed by atoms with Crippen molar-refractivity contribution in [3.63, 3.8) is 0 Å². The molecule has 2 aromatic rings. The molecule has 1 fully saturated rings. The predicted molar refractivity (Wildman–Crippen MR) is 111 cm³/mol. The second-order valence-electron chi connectivity index (χ2n) is 7.03. The first kappa shape index (κ1) is 20.8. The Kier molecular flexibility index (Phi) is 8.03. The van der Waals surface area contributed by atoms with Crippen molar-refractivity contribution in [1.82, 2.24) is 21.3 Å². The van der Waals surface area contributed by atoms with Crippen LogP contribution in [0, 0.1) is 0 Å². The second kappa shape index (κ2) is 11.2. The van der Waals surface area contributed by atoms with Gasteiger partial charge in [-0.1, -0.05) is 60.7 Å². The van der Waals surface area contributed by atoms with E-state index >= 15 is 0 Å². The third-order valence-corrected chi connectivity index (χ3v) is 4.72. The topological polar surface area (TPSA) is 91.5 Å². The zero-order valence-corrected chi connectivity index (χ0v) is 16.4. The molecule has 3 rings (SSSR count). The maximum Gasteiger partial charge on any atom is 0.315 e. The molecule has 0 aliphatic carbocycles. The largest absolute Gasteiger partial charge is 0.378 e. The number of carbonyl (C=O) groups excluding carboxylic acids is 2. The molecule has 1 saturated heterocycles. The summed E-state index contributed by atoms with van der Waals surface area (Å²) in [6.45, 7) is 2.87. The fourth-order valence-electron chi connectivity index (χ4n) is 3.14. The molecule has 29 heavy (non-hydrogen) atoms. The summed E-state index contributed by atoms with van der Waals surface area (Å²) in [6, 6.07) is 18.4. The minimum Gasteiger partial charge on any atom is -0.378 e. The molecule has 1 aliphatic rings. The molecule has 0 aromatic heterocycles. The molecule has 0 bridgehead atoms. The Morgan fingerprint density at radius 2 is 1.69 bits per heavy atom. The minimum absolute atomic E-state index is 0.0778. The Balaban J connectivity index is 1.55. The van der Waals surface area contributed by atoms with Crippen molar-refractivity contribution in [2.24, 2.45) is 0 Å². The molecule has 7 nitrogen and oxygen atoms in total. The summed E-state index contributed by atoms with van der Waals surface area (Å²) in [7, 11) is 0. The first-order valence-corrected chi connectivity index (χ1v) is 9.92. The quantitative estimate of drug-likeness (QED) is 0.540. The highest BCUT2D eigenvalue weighted by Gasteiger charge is 2.22. The van der Waals surface area contributed by atoms with Crippen LogP contribution >= 0.6 is 0 Å². The molecular weight excluding hydrogens is 368 g/mol. The molecule has 1 heterocycles. The predicted octanol–water partition coefficient (Wildman–Crippen LogP) is 1.20. The van der Waals surface area contributed by atoms with Gasteiger partial charge < -0.3 is 26.0 Å². The smallest absolute Gasteiger partial charge is 0.315 e. The van der Waals surface area contributed by atoms with E-state index in [-0.39, 0.29) is 18.0 Å². The van der Waals surface area contributed by atoms with Gasteiger partial charge in [0.25, 0.3) is 0 Å². The summed E-state index contributed by atoms with van der Waals surface area (Å²) in [4.78, 5) is 25.2. The van der Waals surface area contributed by atoms with Crippen LogP contribution in [-0.4, -0.2) is 50.3 Å². The van der Waals surface area contributed by atoms with E-state index in [0.717, 1.165) is 17.7 Å². The molecule has 4 N–H and O–H groups in total. The van der Waals surface area contributed by atoms with E-state index in [1.165, 1.54) is 0 Å². The Labute approximate surface area is 171 Å². The van der Waals surface area contributed by atoms with Crippen molar-refractivity contribution < 1.29 is 14.3 Å². The highest BCUT2D eigenvalue weighted by atomic mass is 16.5. The summed E-state index contributed by atoms with van der Waals surface area (Å²) in [5, 5.41) is 11.8. The lowest BCUT2D eigenvalue weighted by Crippen LogP contribution is -2.54. The van der Waals surface area contributed by atoms with Gasteiger partial charge in [0.15, 0.2) is 0 Å². The highest BCUT2D eigenvalue weighted by Crippen LogP contribution is 2.05. The number of morpholine rings is 1. The van der Waals surface area contributed by atoms with Crippen LogP contribution in [0.3, 0.4) is 0 Å². The van der Waals surface area contributed by atoms with Gasteiger partial charge in [0.05, 0.1) is 13.2 Å². The van der Waals surface area contributed by atoms with Gasteiger partial charge >= 0.3 is 6.03 Å². The van der Waals surface area contributed by atoms with Crippen molar-refractivity contribution in [1.29, 1.82) is 0 Å². The number of amides is 3. The van der Waals surface area contributed by atoms with E-state index in [2.05, 4.69) is 21.3 Å². The maximum absolute atomic E-state index is 12.8. The summed E-state index contributed by atoms with van der Waals surface area (Å²) >= 11 is 0. The average molecular weight is 396 g/mol. The molecule has 3 amide bonds. The lowest BCUT2D eigenvalue weighted by molar-refractivity contribution is -0.123. The van der Waals surface area contributed by atoms with Gasteiger partial charge in [-0.2, -0.15) is 0 Å². The molecular formula is C22H28N4O3. The maximum atomic E-state index is 12.8. The van der Waals surface area contributed by atoms with Gasteiger partial charge in [0, 0.05) is 32.1 Å². The average Bonchev–Trinajstić information content (AvgIpc) is 2.78. The van der Waals surface area contributed by atoms with Gasteiger partial charge in [0.1, 0.15) is 6.04 Å². The number of hydrogen-bond donors (Lipinski definition) is 4. The molecule has 154 valence electrons. The van der Waals surface area contributed by atoms with Crippen molar-refractivity contribution in [3.05, 3.63) is 71.8 Å². The number of rotatable bonds is 8. The zero-order chi connectivity index (χ0) is 20.3. The van der Waals surface area contributed by atoms with Crippen LogP contribution in [0.15, 0.2) is 60.7 Å². The van der Waals surface area contributed by atoms with Crippen molar-refractivity contribution in [2.75, 3.05) is 26.3 Å². The molecule has 1 aliphatic heterocycles. The van der Waals surface area contributed by atoms with E-state index in [4.69, 9.17) is 4.74 Å². The Hall–Kier alpha value is -2.90. The van der Waals surface area contributed by atoms with Gasteiger partial charge in [-0.15, -0.1) is 0 Å². The summed E-state index contributed by atoms with van der Waals surface area (Å²) in [6.07, 6.45) is 0.416. The third-order valence-electron chi connectivity index (χ3n) is 4.72. The lowest BCUT2D eigenvalue weighted by atomic mass is 10.1. The summed E-state index contributed by atoms with van der Waals surface area (Å²) < 4.78 is 5.39. The standard InChI is InChI=1S/C22H28N4O3/c27-21(24-14-18-9-5-2-6-10-18)20(13-17-7-3-1-4-8-17)26-22(28)25-15-19-16-29-12-11-23-19/h1-10,19-20,23H,11-16H2,(H,24,27)(H2,25,26,28). The number of benzene rings is 2. The van der Waals surface area contributed by atoms with Crippen LogP contribution in [0.5, 0.6) is 0 Å². The number of urea groups is 1. The van der Waals surface area contributed by atoms with E-state index < -0.39 is 6.04 Å². The van der Waals surface area contributed by atoms with Gasteiger partial charge in [-0.25, -0.2) is 4.79 Å². The Morgan fingerprint density at radius 3 is 2.34 bits per heavy atom. The fraction of sp³-hybridized carbons (Fsp3) is 0.364. The van der Waals surface area contributed by atoms with Gasteiger partial charge in [-0.3, -0.25) is 4.79 Å². The number of hydrogen-bond acceptors (Lipinski definition) is 4.